The average molecular weight is 235 g/mol. The Hall–Kier alpha value is -1.68. The van der Waals surface area contributed by atoms with E-state index in [9.17, 15) is 0 Å². The van der Waals surface area contributed by atoms with Crippen molar-refractivity contribution in [1.82, 2.24) is 5.32 Å². The predicted octanol–water partition coefficient (Wildman–Crippen LogP) is 2.94. The summed E-state index contributed by atoms with van der Waals surface area (Å²) in [5, 5.41) is 3.68. The van der Waals surface area contributed by atoms with Crippen molar-refractivity contribution in [1.29, 1.82) is 0 Å². The molecular formula is C17H17N. The average Bonchev–Trinajstić information content (AvgIpc) is 2.66. The topological polar surface area (TPSA) is 12.0 Å². The molecule has 90 valence electrons. The molecule has 0 aromatic heterocycles. The molecule has 0 radical (unpaired) electrons. The summed E-state index contributed by atoms with van der Waals surface area (Å²) in [6, 6.07) is 0.221. The van der Waals surface area contributed by atoms with Crippen molar-refractivity contribution in [3.8, 4) is 11.8 Å². The fourth-order valence-corrected chi connectivity index (χ4v) is 3.57. The molecule has 0 saturated carbocycles. The van der Waals surface area contributed by atoms with Gasteiger partial charge in [-0.1, -0.05) is 48.3 Å². The van der Waals surface area contributed by atoms with Gasteiger partial charge in [-0.05, 0) is 30.8 Å². The van der Waals surface area contributed by atoms with Crippen molar-refractivity contribution in [2.75, 3.05) is 0 Å². The van der Waals surface area contributed by atoms with E-state index in [1.807, 2.05) is 0 Å². The van der Waals surface area contributed by atoms with Crippen molar-refractivity contribution in [3.63, 3.8) is 0 Å². The highest BCUT2D eigenvalue weighted by Crippen LogP contribution is 2.44. The largest absolute Gasteiger partial charge is 0.371 e. The Bertz CT molecular complexity index is 550. The SMILES string of the molecule is C1#CC2CCC=CC1NC1=C2CC2C=CC=CC12. The quantitative estimate of drug-likeness (QED) is 0.503. The van der Waals surface area contributed by atoms with E-state index in [4.69, 9.17) is 0 Å². The standard InChI is InChI=1S/C17H17N/c1-3-7-14-10-9-12(5-1)16-11-13-6-2-4-8-15(13)17(16)18-14/h2-4,6-8,12-15,18H,1,5,11H2. The third-order valence-electron chi connectivity index (χ3n) is 4.48. The predicted molar refractivity (Wildman–Crippen MR) is 73.5 cm³/mol. The van der Waals surface area contributed by atoms with Crippen molar-refractivity contribution >= 4 is 0 Å². The highest BCUT2D eigenvalue weighted by molar-refractivity contribution is 5.42. The summed E-state index contributed by atoms with van der Waals surface area (Å²) < 4.78 is 0. The molecule has 0 spiro atoms. The van der Waals surface area contributed by atoms with Crippen LogP contribution in [0.5, 0.6) is 0 Å². The van der Waals surface area contributed by atoms with Crippen LogP contribution in [0, 0.1) is 29.6 Å². The van der Waals surface area contributed by atoms with Crippen molar-refractivity contribution in [3.05, 3.63) is 47.7 Å². The van der Waals surface area contributed by atoms with Gasteiger partial charge < -0.3 is 5.32 Å². The van der Waals surface area contributed by atoms with Crippen LogP contribution in [0.2, 0.25) is 0 Å². The van der Waals surface area contributed by atoms with Gasteiger partial charge in [0.15, 0.2) is 0 Å². The maximum Gasteiger partial charge on any atom is 0.106 e. The number of fused-ring (bicyclic) bond motifs is 5. The first-order valence-electron chi connectivity index (χ1n) is 6.94. The van der Waals surface area contributed by atoms with Crippen LogP contribution in [0.25, 0.3) is 0 Å². The molecule has 1 aliphatic heterocycles. The Balaban J connectivity index is 1.78. The van der Waals surface area contributed by atoms with Crippen molar-refractivity contribution < 1.29 is 0 Å². The van der Waals surface area contributed by atoms with Crippen LogP contribution < -0.4 is 5.32 Å². The Morgan fingerprint density at radius 1 is 1.11 bits per heavy atom. The van der Waals surface area contributed by atoms with Gasteiger partial charge in [-0.25, -0.2) is 0 Å². The molecule has 1 N–H and O–H groups in total. The number of hydrogen-bond donors (Lipinski definition) is 1. The fraction of sp³-hybridized carbons (Fsp3) is 0.412. The Kier molecular flexibility index (Phi) is 2.23. The molecule has 4 unspecified atom stereocenters. The summed E-state index contributed by atoms with van der Waals surface area (Å²) in [7, 11) is 0. The summed E-state index contributed by atoms with van der Waals surface area (Å²) in [6.45, 7) is 0. The van der Waals surface area contributed by atoms with Crippen molar-refractivity contribution in [2.45, 2.75) is 25.3 Å². The summed E-state index contributed by atoms with van der Waals surface area (Å²) in [5.41, 5.74) is 3.04. The summed E-state index contributed by atoms with van der Waals surface area (Å²) in [5.74, 6) is 8.58. The van der Waals surface area contributed by atoms with E-state index in [0.717, 1.165) is 6.42 Å². The molecule has 4 rings (SSSR count). The van der Waals surface area contributed by atoms with Crippen LogP contribution in [0.15, 0.2) is 47.7 Å². The summed E-state index contributed by atoms with van der Waals surface area (Å²) in [6.07, 6.45) is 17.1. The molecule has 18 heavy (non-hydrogen) atoms. The molecule has 0 fully saturated rings. The van der Waals surface area contributed by atoms with Gasteiger partial charge in [-0.15, -0.1) is 0 Å². The van der Waals surface area contributed by atoms with Gasteiger partial charge in [0.05, 0.1) is 0 Å². The first-order chi connectivity index (χ1) is 8.92. The normalized spacial score (nSPS) is 39.1. The molecule has 0 aromatic rings. The minimum atomic E-state index is 0.221. The lowest BCUT2D eigenvalue weighted by atomic mass is 9.88. The summed E-state index contributed by atoms with van der Waals surface area (Å²) >= 11 is 0. The minimum absolute atomic E-state index is 0.221. The van der Waals surface area contributed by atoms with Gasteiger partial charge in [-0.3, -0.25) is 0 Å². The van der Waals surface area contributed by atoms with E-state index in [1.165, 1.54) is 18.5 Å². The lowest BCUT2D eigenvalue weighted by Crippen LogP contribution is -2.28. The first kappa shape index (κ1) is 10.3. The molecule has 0 saturated heterocycles. The second-order valence-electron chi connectivity index (χ2n) is 5.57. The maximum atomic E-state index is 3.68. The molecule has 2 bridgehead atoms. The van der Waals surface area contributed by atoms with Gasteiger partial charge in [-0.2, -0.15) is 0 Å². The minimum Gasteiger partial charge on any atom is -0.371 e. The van der Waals surface area contributed by atoms with E-state index in [-0.39, 0.29) is 6.04 Å². The molecule has 1 nitrogen and oxygen atoms in total. The zero-order valence-corrected chi connectivity index (χ0v) is 10.4. The molecule has 4 aliphatic rings. The van der Waals surface area contributed by atoms with E-state index in [1.54, 1.807) is 5.57 Å². The molecule has 3 aliphatic carbocycles. The lowest BCUT2D eigenvalue weighted by molar-refractivity contribution is 0.538. The third kappa shape index (κ3) is 1.49. The van der Waals surface area contributed by atoms with Crippen LogP contribution >= 0.6 is 0 Å². The Labute approximate surface area is 108 Å². The highest BCUT2D eigenvalue weighted by Gasteiger charge is 2.36. The van der Waals surface area contributed by atoms with E-state index >= 15 is 0 Å². The number of hydrogen-bond acceptors (Lipinski definition) is 1. The highest BCUT2D eigenvalue weighted by atomic mass is 14.9. The van der Waals surface area contributed by atoms with E-state index in [2.05, 4.69) is 53.6 Å². The van der Waals surface area contributed by atoms with Crippen LogP contribution in [-0.2, 0) is 0 Å². The van der Waals surface area contributed by atoms with Gasteiger partial charge in [0.1, 0.15) is 6.04 Å². The third-order valence-corrected chi connectivity index (χ3v) is 4.48. The molecule has 1 heteroatoms. The van der Waals surface area contributed by atoms with Gasteiger partial charge in [0.25, 0.3) is 0 Å². The maximum absolute atomic E-state index is 3.68. The molecule has 0 amide bonds. The monoisotopic (exact) mass is 235 g/mol. The van der Waals surface area contributed by atoms with Crippen LogP contribution in [0.3, 0.4) is 0 Å². The van der Waals surface area contributed by atoms with Gasteiger partial charge >= 0.3 is 0 Å². The first-order valence-corrected chi connectivity index (χ1v) is 6.94. The van der Waals surface area contributed by atoms with Crippen molar-refractivity contribution in [2.24, 2.45) is 17.8 Å². The number of rotatable bonds is 0. The number of nitrogens with one attached hydrogen (secondary N) is 1. The van der Waals surface area contributed by atoms with Crippen LogP contribution in [-0.4, -0.2) is 6.04 Å². The summed E-state index contributed by atoms with van der Waals surface area (Å²) in [4.78, 5) is 0. The zero-order chi connectivity index (χ0) is 11.9. The van der Waals surface area contributed by atoms with Crippen LogP contribution in [0.4, 0.5) is 0 Å². The second-order valence-corrected chi connectivity index (χ2v) is 5.57. The Morgan fingerprint density at radius 3 is 3.06 bits per heavy atom. The van der Waals surface area contributed by atoms with Crippen LogP contribution in [0.1, 0.15) is 19.3 Å². The van der Waals surface area contributed by atoms with Gasteiger partial charge in [0.2, 0.25) is 0 Å². The van der Waals surface area contributed by atoms with E-state index in [0.29, 0.717) is 17.8 Å². The van der Waals surface area contributed by atoms with Gasteiger partial charge in [0, 0.05) is 17.5 Å². The number of allylic oxidation sites excluding steroid dienone is 6. The molecule has 4 atom stereocenters. The fourth-order valence-electron chi connectivity index (χ4n) is 3.57. The van der Waals surface area contributed by atoms with E-state index < -0.39 is 0 Å². The zero-order valence-electron chi connectivity index (χ0n) is 10.4. The molecule has 1 heterocycles. The second kappa shape index (κ2) is 3.92. The Morgan fingerprint density at radius 2 is 2.06 bits per heavy atom. The molecule has 0 aromatic carbocycles. The smallest absolute Gasteiger partial charge is 0.106 e. The molecular weight excluding hydrogens is 218 g/mol. The lowest BCUT2D eigenvalue weighted by Gasteiger charge is -2.21.